The fourth-order valence-corrected chi connectivity index (χ4v) is 3.19. The van der Waals surface area contributed by atoms with Crippen molar-refractivity contribution < 1.29 is 58.9 Å². The average molecular weight is 532 g/mol. The number of ether oxygens (including phenoxy) is 4. The fraction of sp³-hybridized carbons (Fsp3) is 0.609. The maximum absolute atomic E-state index is 12.4. The van der Waals surface area contributed by atoms with Gasteiger partial charge in [-0.15, -0.1) is 0 Å². The fourth-order valence-electron chi connectivity index (χ4n) is 3.19. The normalized spacial score (nSPS) is 23.9. The van der Waals surface area contributed by atoms with Crippen molar-refractivity contribution in [2.45, 2.75) is 63.7 Å². The van der Waals surface area contributed by atoms with Crippen molar-refractivity contribution in [1.82, 2.24) is 9.80 Å². The lowest BCUT2D eigenvalue weighted by molar-refractivity contribution is -0.271. The second-order valence-electron chi connectivity index (χ2n) is 9.50. The average Bonchev–Trinajstić information content (AvgIpc) is 2.84. The van der Waals surface area contributed by atoms with E-state index in [4.69, 9.17) is 20.4 Å². The summed E-state index contributed by atoms with van der Waals surface area (Å²) in [7, 11) is 2.83. The molecule has 0 saturated carbocycles. The minimum atomic E-state index is -1.89. The van der Waals surface area contributed by atoms with Gasteiger partial charge in [0.25, 0.3) is 1.43 Å². The minimum Gasteiger partial charge on any atom is -0.488 e. The first-order chi connectivity index (χ1) is 17.6. The van der Waals surface area contributed by atoms with E-state index >= 15 is 0 Å². The molecule has 1 aliphatic heterocycles. The Hall–Kier alpha value is -3.33. The van der Waals surface area contributed by atoms with Gasteiger partial charge < -0.3 is 54.3 Å². The van der Waals surface area contributed by atoms with Gasteiger partial charge in [0, 0.05) is 38.8 Å². The molecule has 14 nitrogen and oxygen atoms in total. The van der Waals surface area contributed by atoms with Crippen LogP contribution in [0.1, 0.15) is 26.3 Å². The highest BCUT2D eigenvalue weighted by molar-refractivity contribution is 5.73. The van der Waals surface area contributed by atoms with Gasteiger partial charge in [-0.25, -0.2) is 14.4 Å². The number of carbonyl (C=O) groups is 3. The molecule has 1 fully saturated rings. The van der Waals surface area contributed by atoms with E-state index in [9.17, 15) is 34.8 Å². The summed E-state index contributed by atoms with van der Waals surface area (Å²) in [5.41, 5.74) is -0.311. The summed E-state index contributed by atoms with van der Waals surface area (Å²) in [6, 6.07) is 4.53. The molecule has 0 bridgehead atoms. The standard InChI is InChI=1S/C23H34N2O12/c1-23(2,3)37-13-7-6-12(11-34-22(33)25(5)9-8-24(4)21(31)32)14(10-13)35-20-17(28)15(26)16(27)18(36-20)19(29)30/h6-7,10,15-18,20,26-28H,8-9,11H2,1-5H3,(H,29,30)(H,31,32)/t15-,16-,17+,18-,20+/m0/s1/i/hD. The molecule has 1 saturated heterocycles. The van der Waals surface area contributed by atoms with E-state index in [2.05, 4.69) is 5.11 Å². The van der Waals surface area contributed by atoms with E-state index in [1.54, 1.807) is 6.07 Å². The van der Waals surface area contributed by atoms with Crippen LogP contribution in [0, 0.1) is 0 Å². The number of carboxylic acid groups (broad SMARTS) is 2. The van der Waals surface area contributed by atoms with Gasteiger partial charge in [0.2, 0.25) is 6.29 Å². The van der Waals surface area contributed by atoms with E-state index < -0.39 is 54.5 Å². The zero-order valence-electron chi connectivity index (χ0n) is 22.2. The van der Waals surface area contributed by atoms with Gasteiger partial charge in [-0.05, 0) is 32.9 Å². The lowest BCUT2D eigenvalue weighted by atomic mass is 9.99. The van der Waals surface area contributed by atoms with Crippen molar-refractivity contribution in [2.24, 2.45) is 0 Å². The number of aliphatic hydroxyl groups excluding tert-OH is 3. The summed E-state index contributed by atoms with van der Waals surface area (Å²) < 4.78 is 28.6. The van der Waals surface area contributed by atoms with Gasteiger partial charge in [-0.2, -0.15) is 0 Å². The van der Waals surface area contributed by atoms with Crippen molar-refractivity contribution in [3.05, 3.63) is 23.8 Å². The van der Waals surface area contributed by atoms with E-state index in [-0.39, 0.29) is 31.0 Å². The maximum Gasteiger partial charge on any atom is 0.409 e. The van der Waals surface area contributed by atoms with Gasteiger partial charge in [0.1, 0.15) is 42.0 Å². The topological polar surface area (TPSA) is 196 Å². The van der Waals surface area contributed by atoms with E-state index in [0.717, 1.165) is 4.90 Å². The van der Waals surface area contributed by atoms with Gasteiger partial charge in [0.15, 0.2) is 6.10 Å². The number of carboxylic acids is 1. The molecular formula is C23H34N2O12. The third-order valence-electron chi connectivity index (χ3n) is 5.26. The summed E-state index contributed by atoms with van der Waals surface area (Å²) >= 11 is 0. The van der Waals surface area contributed by atoms with Crippen LogP contribution >= 0.6 is 0 Å². The molecule has 1 aliphatic rings. The van der Waals surface area contributed by atoms with E-state index in [1.165, 1.54) is 31.1 Å². The Bertz CT molecular complexity index is 988. The van der Waals surface area contributed by atoms with Crippen LogP contribution in [0.4, 0.5) is 9.59 Å². The Morgan fingerprint density at radius 3 is 2.30 bits per heavy atom. The number of amides is 2. The van der Waals surface area contributed by atoms with Crippen molar-refractivity contribution in [3.8, 4) is 11.5 Å². The smallest absolute Gasteiger partial charge is 0.409 e. The predicted octanol–water partition coefficient (Wildman–Crippen LogP) is 0.313. The Morgan fingerprint density at radius 1 is 1.05 bits per heavy atom. The molecule has 0 aromatic heterocycles. The molecule has 0 aliphatic carbocycles. The Balaban J connectivity index is 2.20. The largest absolute Gasteiger partial charge is 0.488 e. The van der Waals surface area contributed by atoms with Crippen LogP contribution in [0.5, 0.6) is 11.5 Å². The minimum absolute atomic E-state index is 0.00286. The Labute approximate surface area is 215 Å². The van der Waals surface area contributed by atoms with Crippen LogP contribution in [-0.2, 0) is 20.9 Å². The summed E-state index contributed by atoms with van der Waals surface area (Å²) in [5, 5.41) is 43.5. The quantitative estimate of drug-likeness (QED) is 0.293. The number of rotatable bonds is 9. The van der Waals surface area contributed by atoms with Crippen molar-refractivity contribution in [3.63, 3.8) is 0 Å². The summed E-state index contributed by atoms with van der Waals surface area (Å²) in [5.74, 6) is -1.23. The molecule has 0 spiro atoms. The molecule has 5 N–H and O–H groups in total. The van der Waals surface area contributed by atoms with Crippen LogP contribution in [0.2, 0.25) is 0 Å². The number of nitrogens with zero attached hydrogens (tertiary/aromatic N) is 2. The summed E-state index contributed by atoms with van der Waals surface area (Å²) in [6.07, 6.45) is -10.8. The lowest BCUT2D eigenvalue weighted by Crippen LogP contribution is -2.61. The monoisotopic (exact) mass is 531 g/mol. The zero-order chi connectivity index (χ0) is 28.8. The second kappa shape index (κ2) is 12.3. The number of aliphatic carboxylic acids is 1. The number of hydrogen-bond acceptors (Lipinski definition) is 11. The van der Waals surface area contributed by atoms with E-state index in [0.29, 0.717) is 5.75 Å². The van der Waals surface area contributed by atoms with Crippen LogP contribution < -0.4 is 9.47 Å². The highest BCUT2D eigenvalue weighted by Crippen LogP contribution is 2.31. The molecule has 2 amide bonds. The number of hydrogen-bond donors (Lipinski definition) is 5. The predicted molar refractivity (Wildman–Crippen MR) is 125 cm³/mol. The highest BCUT2D eigenvalue weighted by atomic mass is 16.7. The summed E-state index contributed by atoms with van der Waals surface area (Å²) in [6.45, 7) is 5.25. The van der Waals surface area contributed by atoms with Gasteiger partial charge in [-0.3, -0.25) is 0 Å². The molecule has 37 heavy (non-hydrogen) atoms. The molecule has 14 heteroatoms. The third kappa shape index (κ3) is 8.35. The Morgan fingerprint density at radius 2 is 1.70 bits per heavy atom. The van der Waals surface area contributed by atoms with Gasteiger partial charge in [0.05, 0.1) is 0 Å². The van der Waals surface area contributed by atoms with Gasteiger partial charge in [-0.1, -0.05) is 0 Å². The molecule has 0 unspecified atom stereocenters. The summed E-state index contributed by atoms with van der Waals surface area (Å²) in [4.78, 5) is 37.5. The molecule has 2 rings (SSSR count). The molecule has 1 aromatic carbocycles. The molecular weight excluding hydrogens is 496 g/mol. The molecule has 0 radical (unpaired) electrons. The second-order valence-corrected chi connectivity index (χ2v) is 9.50. The molecule has 208 valence electrons. The van der Waals surface area contributed by atoms with Crippen LogP contribution in [0.15, 0.2) is 18.2 Å². The Kier molecular flexibility index (Phi) is 9.37. The first-order valence-corrected chi connectivity index (χ1v) is 11.3. The van der Waals surface area contributed by atoms with Crippen molar-refractivity contribution in [2.75, 3.05) is 27.2 Å². The van der Waals surface area contributed by atoms with Crippen LogP contribution in [-0.4, -0.2) is 117 Å². The van der Waals surface area contributed by atoms with E-state index in [1.807, 2.05) is 20.8 Å². The zero-order valence-corrected chi connectivity index (χ0v) is 21.2. The molecule has 1 aromatic rings. The lowest BCUT2D eigenvalue weighted by Gasteiger charge is -2.38. The first-order valence-electron chi connectivity index (χ1n) is 11.7. The maximum atomic E-state index is 12.4. The molecule has 1 heterocycles. The number of carbonyl (C=O) groups excluding carboxylic acids is 1. The van der Waals surface area contributed by atoms with Crippen molar-refractivity contribution >= 4 is 18.2 Å². The number of benzene rings is 1. The van der Waals surface area contributed by atoms with Crippen LogP contribution in [0.25, 0.3) is 1.43 Å². The van der Waals surface area contributed by atoms with Gasteiger partial charge >= 0.3 is 18.2 Å². The third-order valence-corrected chi connectivity index (χ3v) is 5.26. The number of likely N-dealkylation sites (N-methyl/N-ethyl adjacent to an activating group) is 2. The SMILES string of the molecule is [2H]OC(=O)N(C)CCN(C)C(=O)OCc1ccc(OC(C)(C)C)cc1O[C@@H]1O[C@H](C(=O)O)[C@@H](O)[C@H](O)[C@H]1O. The molecule has 5 atom stereocenters. The highest BCUT2D eigenvalue weighted by Gasteiger charge is 2.48. The first kappa shape index (κ1) is 28.2. The number of aliphatic hydroxyl groups is 3. The van der Waals surface area contributed by atoms with Crippen LogP contribution in [0.3, 0.4) is 0 Å². The van der Waals surface area contributed by atoms with Crippen molar-refractivity contribution in [1.29, 1.82) is 1.43 Å².